The molecular formula is C24H27N3O3. The van der Waals surface area contributed by atoms with Crippen molar-refractivity contribution in [2.45, 2.75) is 40.3 Å². The van der Waals surface area contributed by atoms with Gasteiger partial charge in [-0.3, -0.25) is 19.7 Å². The molecular weight excluding hydrogens is 378 g/mol. The highest BCUT2D eigenvalue weighted by molar-refractivity contribution is 6.00. The van der Waals surface area contributed by atoms with Gasteiger partial charge in [-0.15, -0.1) is 0 Å². The van der Waals surface area contributed by atoms with Crippen molar-refractivity contribution < 1.29 is 14.3 Å². The van der Waals surface area contributed by atoms with Crippen molar-refractivity contribution in [3.63, 3.8) is 0 Å². The summed E-state index contributed by atoms with van der Waals surface area (Å²) in [6, 6.07) is 18.6. The van der Waals surface area contributed by atoms with Gasteiger partial charge in [-0.1, -0.05) is 29.8 Å². The Kier molecular flexibility index (Phi) is 6.57. The van der Waals surface area contributed by atoms with Crippen molar-refractivity contribution in [2.24, 2.45) is 0 Å². The molecule has 30 heavy (non-hydrogen) atoms. The van der Waals surface area contributed by atoms with Gasteiger partial charge in [-0.2, -0.15) is 0 Å². The number of carbonyl (C=O) groups is 2. The molecule has 0 spiro atoms. The van der Waals surface area contributed by atoms with E-state index in [0.717, 1.165) is 17.0 Å². The Morgan fingerprint density at radius 1 is 0.900 bits per heavy atom. The first-order chi connectivity index (χ1) is 14.3. The minimum Gasteiger partial charge on any atom is -0.481 e. The molecule has 0 unspecified atom stereocenters. The van der Waals surface area contributed by atoms with Crippen LogP contribution in [-0.4, -0.2) is 22.6 Å². The van der Waals surface area contributed by atoms with Crippen LogP contribution in [0.3, 0.4) is 0 Å². The van der Waals surface area contributed by atoms with Crippen LogP contribution in [0.2, 0.25) is 0 Å². The van der Waals surface area contributed by atoms with Gasteiger partial charge in [-0.05, 0) is 69.7 Å². The summed E-state index contributed by atoms with van der Waals surface area (Å²) in [5.74, 6) is 0.113. The molecule has 6 nitrogen and oxygen atoms in total. The fourth-order valence-electron chi connectivity index (χ4n) is 2.99. The zero-order valence-electron chi connectivity index (χ0n) is 17.7. The number of carbonyl (C=O) groups excluding carboxylic acids is 2. The highest BCUT2D eigenvalue weighted by atomic mass is 16.5. The smallest absolute Gasteiger partial charge is 0.270 e. The third-order valence-corrected chi connectivity index (χ3v) is 4.87. The third-order valence-electron chi connectivity index (χ3n) is 4.87. The van der Waals surface area contributed by atoms with Crippen LogP contribution in [-0.2, 0) is 11.3 Å². The quantitative estimate of drug-likeness (QED) is 0.627. The molecule has 3 rings (SSSR count). The van der Waals surface area contributed by atoms with Crippen molar-refractivity contribution in [1.29, 1.82) is 0 Å². The molecule has 3 aromatic rings. The van der Waals surface area contributed by atoms with Crippen molar-refractivity contribution in [1.82, 2.24) is 9.99 Å². The predicted octanol–water partition coefficient (Wildman–Crippen LogP) is 3.88. The molecule has 0 aliphatic heterocycles. The fourth-order valence-corrected chi connectivity index (χ4v) is 2.99. The van der Waals surface area contributed by atoms with Crippen molar-refractivity contribution in [3.05, 3.63) is 88.7 Å². The van der Waals surface area contributed by atoms with E-state index < -0.39 is 6.10 Å². The maximum Gasteiger partial charge on any atom is 0.270 e. The largest absolute Gasteiger partial charge is 0.481 e. The molecule has 0 aliphatic carbocycles. The molecule has 6 heteroatoms. The second-order valence-corrected chi connectivity index (χ2v) is 7.38. The van der Waals surface area contributed by atoms with Crippen LogP contribution >= 0.6 is 0 Å². The van der Waals surface area contributed by atoms with E-state index in [1.165, 1.54) is 5.56 Å². The number of amides is 2. The van der Waals surface area contributed by atoms with Crippen LogP contribution < -0.4 is 15.5 Å². The molecule has 2 amide bonds. The summed E-state index contributed by atoms with van der Waals surface area (Å²) in [7, 11) is 0. The number of hydrogen-bond donors (Lipinski definition) is 2. The molecule has 1 heterocycles. The van der Waals surface area contributed by atoms with Crippen LogP contribution in [0.4, 0.5) is 0 Å². The van der Waals surface area contributed by atoms with Crippen LogP contribution in [0.1, 0.15) is 39.8 Å². The minimum atomic E-state index is -0.653. The number of aromatic nitrogens is 1. The van der Waals surface area contributed by atoms with Gasteiger partial charge in [0.15, 0.2) is 6.10 Å². The van der Waals surface area contributed by atoms with Crippen molar-refractivity contribution in [3.8, 4) is 5.75 Å². The average molecular weight is 405 g/mol. The van der Waals surface area contributed by atoms with Crippen molar-refractivity contribution in [2.75, 3.05) is 5.43 Å². The fraction of sp³-hybridized carbons (Fsp3) is 0.250. The number of aryl methyl sites for hydroxylation is 3. The van der Waals surface area contributed by atoms with Gasteiger partial charge in [0.2, 0.25) is 0 Å². The summed E-state index contributed by atoms with van der Waals surface area (Å²) in [6.07, 6.45) is -0.653. The van der Waals surface area contributed by atoms with E-state index in [1.54, 1.807) is 35.9 Å². The summed E-state index contributed by atoms with van der Waals surface area (Å²) in [5, 5.41) is 2.87. The first kappa shape index (κ1) is 21.2. The lowest BCUT2D eigenvalue weighted by atomic mass is 10.1. The Balaban J connectivity index is 1.53. The number of nitrogens with one attached hydrogen (secondary N) is 2. The normalized spacial score (nSPS) is 11.6. The summed E-state index contributed by atoms with van der Waals surface area (Å²) < 4.78 is 7.46. The van der Waals surface area contributed by atoms with Crippen molar-refractivity contribution >= 4 is 11.8 Å². The van der Waals surface area contributed by atoms with E-state index in [4.69, 9.17) is 4.74 Å². The Morgan fingerprint density at radius 3 is 2.10 bits per heavy atom. The lowest BCUT2D eigenvalue weighted by Crippen LogP contribution is -2.35. The van der Waals surface area contributed by atoms with Crippen LogP contribution in [0, 0.1) is 20.8 Å². The lowest BCUT2D eigenvalue weighted by Gasteiger charge is -2.15. The molecule has 156 valence electrons. The zero-order chi connectivity index (χ0) is 21.7. The number of benzene rings is 2. The lowest BCUT2D eigenvalue weighted by molar-refractivity contribution is -0.127. The van der Waals surface area contributed by atoms with E-state index in [2.05, 4.69) is 10.7 Å². The first-order valence-electron chi connectivity index (χ1n) is 9.90. The van der Waals surface area contributed by atoms with E-state index in [0.29, 0.717) is 17.9 Å². The SMILES string of the molecule is Cc1ccc(CNC(=O)[C@H](C)Oc2ccc(C(=O)Nn3c(C)ccc3C)cc2)cc1. The molecule has 2 N–H and O–H groups in total. The monoisotopic (exact) mass is 405 g/mol. The molecule has 0 bridgehead atoms. The maximum absolute atomic E-state index is 12.5. The van der Waals surface area contributed by atoms with Gasteiger partial charge in [0, 0.05) is 23.5 Å². The third kappa shape index (κ3) is 5.29. The number of hydrogen-bond acceptors (Lipinski definition) is 3. The van der Waals surface area contributed by atoms with Gasteiger partial charge in [0.05, 0.1) is 0 Å². The highest BCUT2D eigenvalue weighted by Crippen LogP contribution is 2.15. The van der Waals surface area contributed by atoms with Gasteiger partial charge in [0.1, 0.15) is 5.75 Å². The maximum atomic E-state index is 12.5. The molecule has 0 fully saturated rings. The molecule has 1 aromatic heterocycles. The van der Waals surface area contributed by atoms with E-state index in [9.17, 15) is 9.59 Å². The van der Waals surface area contributed by atoms with Gasteiger partial charge in [-0.25, -0.2) is 0 Å². The van der Waals surface area contributed by atoms with Gasteiger partial charge < -0.3 is 10.1 Å². The Bertz CT molecular complexity index is 1000. The van der Waals surface area contributed by atoms with E-state index in [-0.39, 0.29) is 11.8 Å². The Labute approximate surface area is 176 Å². The zero-order valence-corrected chi connectivity index (χ0v) is 17.7. The molecule has 0 saturated carbocycles. The van der Waals surface area contributed by atoms with Crippen LogP contribution in [0.15, 0.2) is 60.7 Å². The van der Waals surface area contributed by atoms with Gasteiger partial charge in [0.25, 0.3) is 11.8 Å². The van der Waals surface area contributed by atoms with Crippen LogP contribution in [0.5, 0.6) is 5.75 Å². The average Bonchev–Trinajstić information content (AvgIpc) is 3.05. The highest BCUT2D eigenvalue weighted by Gasteiger charge is 2.15. The summed E-state index contributed by atoms with van der Waals surface area (Å²) in [6.45, 7) is 8.02. The van der Waals surface area contributed by atoms with E-state index >= 15 is 0 Å². The molecule has 2 aromatic carbocycles. The van der Waals surface area contributed by atoms with E-state index in [1.807, 2.05) is 57.2 Å². The predicted molar refractivity (Wildman–Crippen MR) is 117 cm³/mol. The van der Waals surface area contributed by atoms with Crippen LogP contribution in [0.25, 0.3) is 0 Å². The second kappa shape index (κ2) is 9.31. The number of nitrogens with zero attached hydrogens (tertiary/aromatic N) is 1. The molecule has 0 aliphatic rings. The summed E-state index contributed by atoms with van der Waals surface area (Å²) >= 11 is 0. The Morgan fingerprint density at radius 2 is 1.50 bits per heavy atom. The number of ether oxygens (including phenoxy) is 1. The topological polar surface area (TPSA) is 72.4 Å². The minimum absolute atomic E-state index is 0.198. The molecule has 1 atom stereocenters. The summed E-state index contributed by atoms with van der Waals surface area (Å²) in [4.78, 5) is 24.8. The summed E-state index contributed by atoms with van der Waals surface area (Å²) in [5.41, 5.74) is 7.48. The number of rotatable bonds is 7. The Hall–Kier alpha value is -3.54. The molecule has 0 saturated heterocycles. The molecule has 0 radical (unpaired) electrons. The first-order valence-corrected chi connectivity index (χ1v) is 9.90. The van der Waals surface area contributed by atoms with Gasteiger partial charge >= 0.3 is 0 Å². The second-order valence-electron chi connectivity index (χ2n) is 7.38. The standard InChI is InChI=1S/C24H27N3O3/c1-16-5-9-20(10-6-16)15-25-23(28)19(4)30-22-13-11-21(12-14-22)24(29)26-27-17(2)7-8-18(27)3/h5-14,19H,15H2,1-4H3,(H,25,28)(H,26,29)/t19-/m0/s1.